The Morgan fingerprint density at radius 1 is 1.50 bits per heavy atom. The Bertz CT molecular complexity index is 279. The Kier molecular flexibility index (Phi) is 2.96. The fraction of sp³-hybridized carbons (Fsp3) is 0.500. The van der Waals surface area contributed by atoms with Crippen LogP contribution < -0.4 is 4.90 Å². The van der Waals surface area contributed by atoms with Gasteiger partial charge in [0.05, 0.1) is 19.3 Å². The maximum absolute atomic E-state index is 8.99. The molecule has 76 valence electrons. The summed E-state index contributed by atoms with van der Waals surface area (Å²) in [6, 6.07) is 3.94. The van der Waals surface area contributed by atoms with Gasteiger partial charge in [0, 0.05) is 31.2 Å². The summed E-state index contributed by atoms with van der Waals surface area (Å²) in [6.45, 7) is 2.39. The first-order valence-electron chi connectivity index (χ1n) is 4.77. The summed E-state index contributed by atoms with van der Waals surface area (Å²) in [5.74, 6) is 0. The molecular formula is C10H14N2O2. The number of aliphatic hydroxyl groups is 1. The third-order valence-corrected chi connectivity index (χ3v) is 2.37. The molecule has 1 aliphatic rings. The number of aliphatic hydroxyl groups excluding tert-OH is 1. The van der Waals surface area contributed by atoms with Gasteiger partial charge >= 0.3 is 0 Å². The van der Waals surface area contributed by atoms with E-state index >= 15 is 0 Å². The molecule has 1 aromatic heterocycles. The zero-order valence-electron chi connectivity index (χ0n) is 7.97. The number of pyridine rings is 1. The third kappa shape index (κ3) is 2.02. The number of ether oxygens (including phenoxy) is 1. The van der Waals surface area contributed by atoms with Gasteiger partial charge in [0.15, 0.2) is 0 Å². The van der Waals surface area contributed by atoms with Crippen molar-refractivity contribution in [2.45, 2.75) is 6.10 Å². The van der Waals surface area contributed by atoms with Crippen LogP contribution in [0.4, 0.5) is 5.69 Å². The minimum absolute atomic E-state index is 0.0584. The van der Waals surface area contributed by atoms with Gasteiger partial charge < -0.3 is 14.7 Å². The lowest BCUT2D eigenvalue weighted by atomic mass is 10.2. The fourth-order valence-corrected chi connectivity index (χ4v) is 1.62. The molecule has 4 heteroatoms. The van der Waals surface area contributed by atoms with Crippen molar-refractivity contribution in [1.29, 1.82) is 0 Å². The summed E-state index contributed by atoms with van der Waals surface area (Å²) in [5, 5.41) is 8.99. The molecule has 1 N–H and O–H groups in total. The standard InChI is InChI=1S/C10H14N2O2/c13-8-10-7-12(5-6-14-10)9-1-3-11-4-2-9/h1-4,10,13H,5-8H2. The zero-order valence-corrected chi connectivity index (χ0v) is 7.97. The van der Waals surface area contributed by atoms with Crippen LogP contribution in [-0.4, -0.2) is 42.5 Å². The summed E-state index contributed by atoms with van der Waals surface area (Å²) >= 11 is 0. The molecule has 2 rings (SSSR count). The van der Waals surface area contributed by atoms with Gasteiger partial charge in [-0.05, 0) is 12.1 Å². The summed E-state index contributed by atoms with van der Waals surface area (Å²) < 4.78 is 5.37. The topological polar surface area (TPSA) is 45.6 Å². The van der Waals surface area contributed by atoms with Gasteiger partial charge in [-0.3, -0.25) is 4.98 Å². The van der Waals surface area contributed by atoms with E-state index in [9.17, 15) is 0 Å². The van der Waals surface area contributed by atoms with Gasteiger partial charge in [-0.2, -0.15) is 0 Å². The molecule has 4 nitrogen and oxygen atoms in total. The molecule has 1 saturated heterocycles. The second-order valence-corrected chi connectivity index (χ2v) is 3.33. The first kappa shape index (κ1) is 9.43. The second-order valence-electron chi connectivity index (χ2n) is 3.33. The van der Waals surface area contributed by atoms with E-state index in [1.165, 1.54) is 0 Å². The van der Waals surface area contributed by atoms with Crippen molar-refractivity contribution < 1.29 is 9.84 Å². The molecule has 1 fully saturated rings. The number of nitrogens with zero attached hydrogens (tertiary/aromatic N) is 2. The van der Waals surface area contributed by atoms with Gasteiger partial charge in [-0.15, -0.1) is 0 Å². The molecule has 1 atom stereocenters. The van der Waals surface area contributed by atoms with Gasteiger partial charge in [0.2, 0.25) is 0 Å². The Labute approximate surface area is 83.1 Å². The van der Waals surface area contributed by atoms with Crippen LogP contribution in [0.1, 0.15) is 0 Å². The van der Waals surface area contributed by atoms with E-state index in [1.54, 1.807) is 12.4 Å². The van der Waals surface area contributed by atoms with Crippen molar-refractivity contribution in [3.63, 3.8) is 0 Å². The van der Waals surface area contributed by atoms with Gasteiger partial charge in [0.25, 0.3) is 0 Å². The minimum atomic E-state index is -0.0584. The molecule has 1 unspecified atom stereocenters. The van der Waals surface area contributed by atoms with Gasteiger partial charge in [-0.1, -0.05) is 0 Å². The molecule has 0 aromatic carbocycles. The minimum Gasteiger partial charge on any atom is -0.394 e. The molecule has 0 spiro atoms. The van der Waals surface area contributed by atoms with Crippen LogP contribution in [0, 0.1) is 0 Å². The lowest BCUT2D eigenvalue weighted by Gasteiger charge is -2.33. The van der Waals surface area contributed by atoms with Crippen LogP contribution in [0.5, 0.6) is 0 Å². The summed E-state index contributed by atoms with van der Waals surface area (Å²) in [4.78, 5) is 6.17. The molecule has 0 radical (unpaired) electrons. The van der Waals surface area contributed by atoms with Crippen molar-refractivity contribution in [2.75, 3.05) is 31.2 Å². The van der Waals surface area contributed by atoms with Gasteiger partial charge in [0.1, 0.15) is 0 Å². The third-order valence-electron chi connectivity index (χ3n) is 2.37. The SMILES string of the molecule is OCC1CN(c2ccncc2)CCO1. The van der Waals surface area contributed by atoms with Crippen LogP contribution in [0.25, 0.3) is 0 Å². The lowest BCUT2D eigenvalue weighted by Crippen LogP contribution is -2.44. The molecule has 0 aliphatic carbocycles. The highest BCUT2D eigenvalue weighted by molar-refractivity contribution is 5.44. The predicted molar refractivity (Wildman–Crippen MR) is 53.3 cm³/mol. The van der Waals surface area contributed by atoms with E-state index in [1.807, 2.05) is 12.1 Å². The quantitative estimate of drug-likeness (QED) is 0.734. The summed E-state index contributed by atoms with van der Waals surface area (Å²) in [7, 11) is 0. The highest BCUT2D eigenvalue weighted by atomic mass is 16.5. The van der Waals surface area contributed by atoms with Crippen molar-refractivity contribution in [2.24, 2.45) is 0 Å². The summed E-state index contributed by atoms with van der Waals surface area (Å²) in [6.07, 6.45) is 3.49. The molecule has 2 heterocycles. The number of hydrogen-bond donors (Lipinski definition) is 1. The normalized spacial score (nSPS) is 22.4. The molecule has 0 amide bonds. The van der Waals surface area contributed by atoms with Crippen LogP contribution >= 0.6 is 0 Å². The Balaban J connectivity index is 2.04. The van der Waals surface area contributed by atoms with Crippen molar-refractivity contribution in [3.8, 4) is 0 Å². The molecule has 1 aliphatic heterocycles. The molecule has 1 aromatic rings. The first-order chi connectivity index (χ1) is 6.90. The van der Waals surface area contributed by atoms with Gasteiger partial charge in [-0.25, -0.2) is 0 Å². The largest absolute Gasteiger partial charge is 0.394 e. The molecule has 14 heavy (non-hydrogen) atoms. The molecule has 0 bridgehead atoms. The van der Waals surface area contributed by atoms with Crippen molar-refractivity contribution in [1.82, 2.24) is 4.98 Å². The smallest absolute Gasteiger partial charge is 0.0980 e. The molecule has 0 saturated carbocycles. The molecular weight excluding hydrogens is 180 g/mol. The van der Waals surface area contributed by atoms with E-state index in [-0.39, 0.29) is 12.7 Å². The average Bonchev–Trinajstić information content (AvgIpc) is 2.30. The van der Waals surface area contributed by atoms with Crippen molar-refractivity contribution in [3.05, 3.63) is 24.5 Å². The summed E-state index contributed by atoms with van der Waals surface area (Å²) in [5.41, 5.74) is 1.14. The maximum Gasteiger partial charge on any atom is 0.0980 e. The van der Waals surface area contributed by atoms with E-state index in [4.69, 9.17) is 9.84 Å². The number of aromatic nitrogens is 1. The number of anilines is 1. The highest BCUT2D eigenvalue weighted by Crippen LogP contribution is 2.15. The Morgan fingerprint density at radius 2 is 2.29 bits per heavy atom. The predicted octanol–water partition coefficient (Wildman–Crippen LogP) is 0.279. The number of rotatable bonds is 2. The lowest BCUT2D eigenvalue weighted by molar-refractivity contribution is 0.00356. The monoisotopic (exact) mass is 194 g/mol. The highest BCUT2D eigenvalue weighted by Gasteiger charge is 2.19. The van der Waals surface area contributed by atoms with Crippen LogP contribution in [0.15, 0.2) is 24.5 Å². The second kappa shape index (κ2) is 4.39. The maximum atomic E-state index is 8.99. The van der Waals surface area contributed by atoms with E-state index in [0.29, 0.717) is 6.61 Å². The van der Waals surface area contributed by atoms with E-state index < -0.39 is 0 Å². The van der Waals surface area contributed by atoms with E-state index in [2.05, 4.69) is 9.88 Å². The number of morpholine rings is 1. The zero-order chi connectivity index (χ0) is 9.80. The number of hydrogen-bond acceptors (Lipinski definition) is 4. The first-order valence-corrected chi connectivity index (χ1v) is 4.77. The average molecular weight is 194 g/mol. The van der Waals surface area contributed by atoms with E-state index in [0.717, 1.165) is 18.8 Å². The fourth-order valence-electron chi connectivity index (χ4n) is 1.62. The van der Waals surface area contributed by atoms with Crippen LogP contribution in [-0.2, 0) is 4.74 Å². The van der Waals surface area contributed by atoms with Crippen molar-refractivity contribution >= 4 is 5.69 Å². The van der Waals surface area contributed by atoms with Crippen LogP contribution in [0.3, 0.4) is 0 Å². The Hall–Kier alpha value is -1.13. The van der Waals surface area contributed by atoms with Crippen LogP contribution in [0.2, 0.25) is 0 Å². The Morgan fingerprint density at radius 3 is 3.00 bits per heavy atom.